The normalized spacial score (nSPS) is 17.4. The first kappa shape index (κ1) is 20.5. The van der Waals surface area contributed by atoms with E-state index in [4.69, 9.17) is 5.11 Å². The van der Waals surface area contributed by atoms with Crippen molar-refractivity contribution in [3.05, 3.63) is 41.0 Å². The number of aromatic nitrogens is 4. The molecule has 0 aliphatic heterocycles. The van der Waals surface area contributed by atoms with Gasteiger partial charge in [-0.05, 0) is 55.6 Å². The number of carboxylic acids is 1. The Hall–Kier alpha value is -2.77. The number of aryl methyl sites for hydroxylation is 2. The quantitative estimate of drug-likeness (QED) is 0.620. The minimum atomic E-state index is -0.818. The van der Waals surface area contributed by atoms with Crippen molar-refractivity contribution < 1.29 is 14.7 Å². The molecule has 2 aromatic heterocycles. The van der Waals surface area contributed by atoms with Gasteiger partial charge in [0.1, 0.15) is 11.4 Å². The maximum absolute atomic E-state index is 13.0. The first-order valence-corrected chi connectivity index (χ1v) is 10.9. The molecule has 4 rings (SSSR count). The smallest absolute Gasteiger partial charge is 0.303 e. The Morgan fingerprint density at radius 1 is 1.30 bits per heavy atom. The summed E-state index contributed by atoms with van der Waals surface area (Å²) >= 11 is 0. The van der Waals surface area contributed by atoms with E-state index in [9.17, 15) is 9.59 Å². The van der Waals surface area contributed by atoms with Crippen LogP contribution in [0.5, 0.6) is 0 Å². The molecule has 1 atom stereocenters. The molecular formula is C22H29N5O3. The van der Waals surface area contributed by atoms with Gasteiger partial charge in [0.15, 0.2) is 0 Å². The summed E-state index contributed by atoms with van der Waals surface area (Å²) in [4.78, 5) is 28.2. The Balaban J connectivity index is 1.45. The molecule has 1 unspecified atom stereocenters. The number of pyridine rings is 1. The summed E-state index contributed by atoms with van der Waals surface area (Å²) in [5.74, 6) is 0.190. The predicted octanol–water partition coefficient (Wildman–Crippen LogP) is 3.39. The van der Waals surface area contributed by atoms with Crippen LogP contribution in [-0.2, 0) is 11.3 Å². The second kappa shape index (κ2) is 8.93. The van der Waals surface area contributed by atoms with E-state index in [1.165, 1.54) is 37.7 Å². The van der Waals surface area contributed by atoms with Gasteiger partial charge in [-0.25, -0.2) is 0 Å². The number of amides is 1. The van der Waals surface area contributed by atoms with Gasteiger partial charge >= 0.3 is 5.97 Å². The Bertz CT molecular complexity index is 917. The van der Waals surface area contributed by atoms with Crippen molar-refractivity contribution >= 4 is 11.9 Å². The molecule has 0 spiro atoms. The van der Waals surface area contributed by atoms with Crippen LogP contribution in [0, 0.1) is 12.8 Å². The van der Waals surface area contributed by atoms with Crippen LogP contribution in [0.4, 0.5) is 0 Å². The third kappa shape index (κ3) is 5.04. The fraction of sp³-hybridized carbons (Fsp3) is 0.591. The van der Waals surface area contributed by atoms with Gasteiger partial charge in [-0.1, -0.05) is 30.5 Å². The van der Waals surface area contributed by atoms with Crippen LogP contribution < -0.4 is 5.32 Å². The summed E-state index contributed by atoms with van der Waals surface area (Å²) in [7, 11) is 0. The summed E-state index contributed by atoms with van der Waals surface area (Å²) in [5.41, 5.74) is 3.31. The van der Waals surface area contributed by atoms with Gasteiger partial charge in [0.05, 0.1) is 12.2 Å². The molecule has 0 bridgehead atoms. The highest BCUT2D eigenvalue weighted by atomic mass is 16.4. The van der Waals surface area contributed by atoms with Crippen molar-refractivity contribution in [3.8, 4) is 0 Å². The minimum Gasteiger partial charge on any atom is -0.481 e. The summed E-state index contributed by atoms with van der Waals surface area (Å²) < 4.78 is 1.66. The Labute approximate surface area is 176 Å². The van der Waals surface area contributed by atoms with Gasteiger partial charge in [0, 0.05) is 19.2 Å². The second-order valence-electron chi connectivity index (χ2n) is 8.67. The van der Waals surface area contributed by atoms with Gasteiger partial charge in [0.25, 0.3) is 5.91 Å². The van der Waals surface area contributed by atoms with Crippen molar-refractivity contribution in [3.63, 3.8) is 0 Å². The molecule has 2 aliphatic rings. The molecule has 0 radical (unpaired) electrons. The van der Waals surface area contributed by atoms with E-state index in [2.05, 4.69) is 26.7 Å². The van der Waals surface area contributed by atoms with E-state index in [0.29, 0.717) is 30.5 Å². The Morgan fingerprint density at radius 2 is 2.10 bits per heavy atom. The zero-order valence-electron chi connectivity index (χ0n) is 17.4. The molecule has 8 nitrogen and oxygen atoms in total. The Morgan fingerprint density at radius 3 is 2.73 bits per heavy atom. The van der Waals surface area contributed by atoms with Gasteiger partial charge in [-0.15, -0.1) is 5.10 Å². The molecule has 2 aliphatic carbocycles. The number of hydrogen-bond donors (Lipinski definition) is 2. The molecule has 1 amide bonds. The van der Waals surface area contributed by atoms with Gasteiger partial charge in [-0.2, -0.15) is 0 Å². The lowest BCUT2D eigenvalue weighted by atomic mass is 9.80. The lowest BCUT2D eigenvalue weighted by Crippen LogP contribution is -2.32. The first-order chi connectivity index (χ1) is 14.5. The summed E-state index contributed by atoms with van der Waals surface area (Å²) in [6.07, 6.45) is 11.1. The lowest BCUT2D eigenvalue weighted by Gasteiger charge is -2.29. The van der Waals surface area contributed by atoms with Crippen LogP contribution in [0.3, 0.4) is 0 Å². The van der Waals surface area contributed by atoms with Crippen LogP contribution in [0.1, 0.15) is 90.6 Å². The molecule has 2 N–H and O–H groups in total. The number of aliphatic carboxylic acids is 1. The van der Waals surface area contributed by atoms with E-state index in [0.717, 1.165) is 17.7 Å². The molecule has 2 heterocycles. The summed E-state index contributed by atoms with van der Waals surface area (Å²) in [6.45, 7) is 2.43. The topological polar surface area (TPSA) is 110 Å². The van der Waals surface area contributed by atoms with Crippen molar-refractivity contribution in [1.29, 1.82) is 0 Å². The zero-order chi connectivity index (χ0) is 21.1. The molecule has 8 heteroatoms. The predicted molar refractivity (Wildman–Crippen MR) is 110 cm³/mol. The number of carbonyl (C=O) groups is 2. The molecule has 160 valence electrons. The number of carboxylic acid groups (broad SMARTS) is 1. The SMILES string of the molecule is Cc1cc(C2CC2)cnc1C(=O)NC(CC1CCC1)c1cn(CCCC(=O)O)nn1. The summed E-state index contributed by atoms with van der Waals surface area (Å²) in [6, 6.07) is 1.86. The third-order valence-electron chi connectivity index (χ3n) is 6.15. The van der Waals surface area contributed by atoms with E-state index in [1.54, 1.807) is 4.68 Å². The van der Waals surface area contributed by atoms with Crippen LogP contribution in [-0.4, -0.2) is 37.0 Å². The number of nitrogens with one attached hydrogen (secondary N) is 1. The second-order valence-corrected chi connectivity index (χ2v) is 8.67. The molecular weight excluding hydrogens is 382 g/mol. The number of hydrogen-bond acceptors (Lipinski definition) is 5. The fourth-order valence-electron chi connectivity index (χ4n) is 3.99. The van der Waals surface area contributed by atoms with Crippen molar-refractivity contribution in [2.75, 3.05) is 0 Å². The van der Waals surface area contributed by atoms with Crippen LogP contribution in [0.2, 0.25) is 0 Å². The van der Waals surface area contributed by atoms with E-state index >= 15 is 0 Å². The average molecular weight is 412 g/mol. The molecule has 0 saturated heterocycles. The molecule has 2 aromatic rings. The highest BCUT2D eigenvalue weighted by Gasteiger charge is 2.28. The van der Waals surface area contributed by atoms with Crippen LogP contribution in [0.15, 0.2) is 18.5 Å². The van der Waals surface area contributed by atoms with Crippen molar-refractivity contribution in [2.45, 2.75) is 76.8 Å². The number of carbonyl (C=O) groups excluding carboxylic acids is 1. The van der Waals surface area contributed by atoms with Gasteiger partial charge < -0.3 is 10.4 Å². The fourth-order valence-corrected chi connectivity index (χ4v) is 3.99. The third-order valence-corrected chi connectivity index (χ3v) is 6.15. The van der Waals surface area contributed by atoms with Crippen LogP contribution >= 0.6 is 0 Å². The highest BCUT2D eigenvalue weighted by Crippen LogP contribution is 2.40. The molecule has 2 fully saturated rings. The largest absolute Gasteiger partial charge is 0.481 e. The van der Waals surface area contributed by atoms with Crippen molar-refractivity contribution in [2.24, 2.45) is 5.92 Å². The molecule has 0 aromatic carbocycles. The average Bonchev–Trinajstić information content (AvgIpc) is 3.42. The standard InChI is InChI=1S/C22H29N5O3/c1-14-10-17(16-7-8-16)12-23-21(14)22(30)24-18(11-15-4-2-5-15)19-13-27(26-25-19)9-3-6-20(28)29/h10,12-13,15-16,18H,2-9,11H2,1H3,(H,24,30)(H,28,29). The minimum absolute atomic E-state index is 0.0965. The number of nitrogens with zero attached hydrogens (tertiary/aromatic N) is 4. The lowest BCUT2D eigenvalue weighted by molar-refractivity contribution is -0.137. The van der Waals surface area contributed by atoms with Gasteiger partial charge in [0.2, 0.25) is 0 Å². The molecule has 30 heavy (non-hydrogen) atoms. The van der Waals surface area contributed by atoms with E-state index < -0.39 is 5.97 Å². The summed E-state index contributed by atoms with van der Waals surface area (Å²) in [5, 5.41) is 20.3. The number of rotatable bonds is 10. The van der Waals surface area contributed by atoms with E-state index in [1.807, 2.05) is 19.3 Å². The Kier molecular flexibility index (Phi) is 6.11. The maximum atomic E-state index is 13.0. The highest BCUT2D eigenvalue weighted by molar-refractivity contribution is 5.93. The van der Waals surface area contributed by atoms with E-state index in [-0.39, 0.29) is 18.4 Å². The first-order valence-electron chi connectivity index (χ1n) is 10.9. The van der Waals surface area contributed by atoms with Crippen molar-refractivity contribution in [1.82, 2.24) is 25.3 Å². The monoisotopic (exact) mass is 411 g/mol. The van der Waals surface area contributed by atoms with Crippen LogP contribution in [0.25, 0.3) is 0 Å². The van der Waals surface area contributed by atoms with Gasteiger partial charge in [-0.3, -0.25) is 19.3 Å². The molecule has 2 saturated carbocycles. The maximum Gasteiger partial charge on any atom is 0.303 e. The zero-order valence-corrected chi connectivity index (χ0v) is 17.4.